The zero-order valence-corrected chi connectivity index (χ0v) is 7.94. The highest BCUT2D eigenvalue weighted by molar-refractivity contribution is 4.71. The minimum atomic E-state index is 0.694. The summed E-state index contributed by atoms with van der Waals surface area (Å²) in [5.74, 6) is 1.58. The molecule has 0 aliphatic rings. The van der Waals surface area contributed by atoms with Crippen LogP contribution in [0.2, 0.25) is 0 Å². The molecule has 62 valence electrons. The Morgan fingerprint density at radius 3 is 1.80 bits per heavy atom. The van der Waals surface area contributed by atoms with Crippen molar-refractivity contribution in [2.75, 3.05) is 7.05 Å². The highest BCUT2D eigenvalue weighted by atomic mass is 14.9. The topological polar surface area (TPSA) is 12.0 Å². The molecule has 0 aromatic carbocycles. The van der Waals surface area contributed by atoms with E-state index in [1.807, 2.05) is 7.05 Å². The van der Waals surface area contributed by atoms with E-state index in [1.54, 1.807) is 0 Å². The van der Waals surface area contributed by atoms with Crippen molar-refractivity contribution in [3.63, 3.8) is 0 Å². The molecule has 0 fully saturated rings. The Hall–Kier alpha value is -0.0400. The van der Waals surface area contributed by atoms with Crippen molar-refractivity contribution in [3.8, 4) is 0 Å². The summed E-state index contributed by atoms with van der Waals surface area (Å²) in [7, 11) is 2.05. The molecule has 0 aromatic heterocycles. The van der Waals surface area contributed by atoms with E-state index in [0.29, 0.717) is 6.04 Å². The molecule has 1 N–H and O–H groups in total. The molecule has 10 heavy (non-hydrogen) atoms. The SMILES string of the molecule is CCC(NC)[C@@H](C)C(C)C. The average molecular weight is 143 g/mol. The summed E-state index contributed by atoms with van der Waals surface area (Å²) < 4.78 is 0. The van der Waals surface area contributed by atoms with Crippen LogP contribution in [0.15, 0.2) is 0 Å². The third kappa shape index (κ3) is 2.70. The van der Waals surface area contributed by atoms with Gasteiger partial charge in [0.1, 0.15) is 0 Å². The third-order valence-corrected chi connectivity index (χ3v) is 2.50. The van der Waals surface area contributed by atoms with E-state index in [1.165, 1.54) is 6.42 Å². The first-order valence-corrected chi connectivity index (χ1v) is 4.30. The van der Waals surface area contributed by atoms with Crippen molar-refractivity contribution in [2.24, 2.45) is 11.8 Å². The van der Waals surface area contributed by atoms with Crippen molar-refractivity contribution in [1.82, 2.24) is 5.32 Å². The molecule has 0 saturated heterocycles. The van der Waals surface area contributed by atoms with Crippen LogP contribution in [-0.2, 0) is 0 Å². The molecule has 0 aromatic rings. The Morgan fingerprint density at radius 2 is 1.70 bits per heavy atom. The van der Waals surface area contributed by atoms with Gasteiger partial charge in [0.2, 0.25) is 0 Å². The maximum atomic E-state index is 3.33. The fourth-order valence-electron chi connectivity index (χ4n) is 1.30. The minimum Gasteiger partial charge on any atom is -0.317 e. The van der Waals surface area contributed by atoms with Gasteiger partial charge in [0.15, 0.2) is 0 Å². The van der Waals surface area contributed by atoms with Gasteiger partial charge < -0.3 is 5.32 Å². The van der Waals surface area contributed by atoms with Gasteiger partial charge in [0, 0.05) is 6.04 Å². The second-order valence-corrected chi connectivity index (χ2v) is 3.41. The fraction of sp³-hybridized carbons (Fsp3) is 1.00. The van der Waals surface area contributed by atoms with E-state index in [9.17, 15) is 0 Å². The molecule has 1 unspecified atom stereocenters. The lowest BCUT2D eigenvalue weighted by Crippen LogP contribution is -2.33. The Kier molecular flexibility index (Phi) is 4.71. The summed E-state index contributed by atoms with van der Waals surface area (Å²) in [6.07, 6.45) is 1.23. The highest BCUT2D eigenvalue weighted by Crippen LogP contribution is 2.15. The molecule has 0 aliphatic carbocycles. The van der Waals surface area contributed by atoms with Crippen LogP contribution < -0.4 is 5.32 Å². The molecule has 0 amide bonds. The van der Waals surface area contributed by atoms with Crippen LogP contribution in [-0.4, -0.2) is 13.1 Å². The molecule has 0 saturated carbocycles. The van der Waals surface area contributed by atoms with Crippen LogP contribution >= 0.6 is 0 Å². The largest absolute Gasteiger partial charge is 0.317 e. The van der Waals surface area contributed by atoms with Crippen LogP contribution in [0.25, 0.3) is 0 Å². The highest BCUT2D eigenvalue weighted by Gasteiger charge is 2.15. The van der Waals surface area contributed by atoms with E-state index < -0.39 is 0 Å². The van der Waals surface area contributed by atoms with Gasteiger partial charge >= 0.3 is 0 Å². The maximum absolute atomic E-state index is 3.33. The second kappa shape index (κ2) is 4.73. The Balaban J connectivity index is 3.76. The first kappa shape index (κ1) is 9.96. The van der Waals surface area contributed by atoms with Crippen molar-refractivity contribution < 1.29 is 0 Å². The average Bonchev–Trinajstić information content (AvgIpc) is 1.90. The van der Waals surface area contributed by atoms with Crippen LogP contribution in [0, 0.1) is 11.8 Å². The van der Waals surface area contributed by atoms with Gasteiger partial charge in [-0.15, -0.1) is 0 Å². The number of rotatable bonds is 4. The minimum absolute atomic E-state index is 0.694. The first-order valence-electron chi connectivity index (χ1n) is 4.30. The molecule has 0 rings (SSSR count). The first-order chi connectivity index (χ1) is 4.63. The smallest absolute Gasteiger partial charge is 0.00895 e. The molecule has 1 heteroatoms. The molecule has 1 nitrogen and oxygen atoms in total. The molecule has 0 spiro atoms. The van der Waals surface area contributed by atoms with E-state index in [2.05, 4.69) is 33.0 Å². The Labute approximate surface area is 65.2 Å². The van der Waals surface area contributed by atoms with Gasteiger partial charge in [-0.05, 0) is 25.3 Å². The summed E-state index contributed by atoms with van der Waals surface area (Å²) in [6, 6.07) is 0.694. The van der Waals surface area contributed by atoms with E-state index in [4.69, 9.17) is 0 Å². The molecule has 0 radical (unpaired) electrons. The predicted octanol–water partition coefficient (Wildman–Crippen LogP) is 2.28. The summed E-state index contributed by atoms with van der Waals surface area (Å²) in [5.41, 5.74) is 0. The normalized spacial score (nSPS) is 17.4. The fourth-order valence-corrected chi connectivity index (χ4v) is 1.30. The van der Waals surface area contributed by atoms with Crippen molar-refractivity contribution in [1.29, 1.82) is 0 Å². The maximum Gasteiger partial charge on any atom is 0.00895 e. The van der Waals surface area contributed by atoms with Gasteiger partial charge in [0.25, 0.3) is 0 Å². The standard InChI is InChI=1S/C9H21N/c1-6-9(10-5)8(4)7(2)3/h7-10H,6H2,1-5H3/t8-,9?/m0/s1. The second-order valence-electron chi connectivity index (χ2n) is 3.41. The summed E-state index contributed by atoms with van der Waals surface area (Å²) in [4.78, 5) is 0. The van der Waals surface area contributed by atoms with Gasteiger partial charge in [-0.25, -0.2) is 0 Å². The van der Waals surface area contributed by atoms with Crippen molar-refractivity contribution in [2.45, 2.75) is 40.2 Å². The zero-order valence-electron chi connectivity index (χ0n) is 7.94. The van der Waals surface area contributed by atoms with Crippen LogP contribution in [0.4, 0.5) is 0 Å². The van der Waals surface area contributed by atoms with Crippen LogP contribution in [0.3, 0.4) is 0 Å². The van der Waals surface area contributed by atoms with Gasteiger partial charge in [0.05, 0.1) is 0 Å². The van der Waals surface area contributed by atoms with Gasteiger partial charge in [-0.3, -0.25) is 0 Å². The van der Waals surface area contributed by atoms with Crippen molar-refractivity contribution in [3.05, 3.63) is 0 Å². The lowest BCUT2D eigenvalue weighted by atomic mass is 9.89. The van der Waals surface area contributed by atoms with Crippen LogP contribution in [0.1, 0.15) is 34.1 Å². The lowest BCUT2D eigenvalue weighted by Gasteiger charge is -2.25. The van der Waals surface area contributed by atoms with Crippen LogP contribution in [0.5, 0.6) is 0 Å². The lowest BCUT2D eigenvalue weighted by molar-refractivity contribution is 0.305. The molecular formula is C9H21N. The summed E-state index contributed by atoms with van der Waals surface area (Å²) >= 11 is 0. The monoisotopic (exact) mass is 143 g/mol. The quantitative estimate of drug-likeness (QED) is 0.636. The molecular weight excluding hydrogens is 122 g/mol. The third-order valence-electron chi connectivity index (χ3n) is 2.50. The number of nitrogens with one attached hydrogen (secondary N) is 1. The molecule has 0 bridgehead atoms. The molecule has 2 atom stereocenters. The Morgan fingerprint density at radius 1 is 1.20 bits per heavy atom. The zero-order chi connectivity index (χ0) is 8.15. The summed E-state index contributed by atoms with van der Waals surface area (Å²) in [6.45, 7) is 9.12. The number of hydrogen-bond donors (Lipinski definition) is 1. The van der Waals surface area contributed by atoms with Crippen molar-refractivity contribution >= 4 is 0 Å². The van der Waals surface area contributed by atoms with E-state index in [-0.39, 0.29) is 0 Å². The number of hydrogen-bond acceptors (Lipinski definition) is 1. The van der Waals surface area contributed by atoms with E-state index in [0.717, 1.165) is 11.8 Å². The molecule has 0 heterocycles. The predicted molar refractivity (Wildman–Crippen MR) is 47.1 cm³/mol. The van der Waals surface area contributed by atoms with E-state index >= 15 is 0 Å². The summed E-state index contributed by atoms with van der Waals surface area (Å²) in [5, 5.41) is 3.33. The Bertz CT molecular complexity index is 74.8. The van der Waals surface area contributed by atoms with Gasteiger partial charge in [-0.2, -0.15) is 0 Å². The molecule has 0 aliphatic heterocycles. The van der Waals surface area contributed by atoms with Gasteiger partial charge in [-0.1, -0.05) is 27.7 Å².